The van der Waals surface area contributed by atoms with Gasteiger partial charge in [0, 0.05) is 11.5 Å². The molecule has 0 saturated heterocycles. The Morgan fingerprint density at radius 3 is 1.79 bits per heavy atom. The van der Waals surface area contributed by atoms with Crippen LogP contribution < -0.4 is 0 Å². The van der Waals surface area contributed by atoms with Gasteiger partial charge in [-0.05, 0) is 64.6 Å². The number of phenolic OH excluding ortho intramolecular Hbond substituents is 2. The van der Waals surface area contributed by atoms with Gasteiger partial charge in [-0.1, -0.05) is 73.7 Å². The highest BCUT2D eigenvalue weighted by atomic mass is 16.3. The van der Waals surface area contributed by atoms with E-state index in [9.17, 15) is 10.2 Å². The van der Waals surface area contributed by atoms with Gasteiger partial charge in [0.1, 0.15) is 11.5 Å². The second kappa shape index (κ2) is 7.84. The molecular weight excluding hydrogens is 356 g/mol. The van der Waals surface area contributed by atoms with Crippen LogP contribution in [0.4, 0.5) is 0 Å². The number of aromatic hydroxyl groups is 2. The topological polar surface area (TPSA) is 40.5 Å². The van der Waals surface area contributed by atoms with Gasteiger partial charge in [-0.15, -0.1) is 0 Å². The number of phenols is 2. The fourth-order valence-electron chi connectivity index (χ4n) is 3.69. The number of hydrogen-bond donors (Lipinski definition) is 2. The first kappa shape index (κ1) is 18.8. The number of hydrogen-bond acceptors (Lipinski definition) is 2. The molecule has 1 unspecified atom stereocenters. The van der Waals surface area contributed by atoms with Crippen LogP contribution in [0, 0.1) is 6.92 Å². The maximum Gasteiger partial charge on any atom is 0.119 e. The standard InChI is InChI=1S/C27H24O2/c1-18-16-23(12-14-26(18)28)24-13-15-27(29)25(17-24)19(2)20-8-10-22(11-9-20)21-6-4-3-5-7-21/h3-17,19,28-29H,1-2H3. The Labute approximate surface area is 171 Å². The average Bonchev–Trinajstić information content (AvgIpc) is 2.76. The monoisotopic (exact) mass is 380 g/mol. The molecule has 0 saturated carbocycles. The zero-order valence-corrected chi connectivity index (χ0v) is 16.6. The highest BCUT2D eigenvalue weighted by Crippen LogP contribution is 2.36. The van der Waals surface area contributed by atoms with E-state index >= 15 is 0 Å². The molecule has 0 aromatic heterocycles. The van der Waals surface area contributed by atoms with E-state index in [0.29, 0.717) is 11.5 Å². The van der Waals surface area contributed by atoms with Gasteiger partial charge in [-0.3, -0.25) is 0 Å². The zero-order valence-electron chi connectivity index (χ0n) is 16.6. The van der Waals surface area contributed by atoms with Crippen molar-refractivity contribution in [2.75, 3.05) is 0 Å². The summed E-state index contributed by atoms with van der Waals surface area (Å²) in [6, 6.07) is 30.1. The number of rotatable bonds is 4. The van der Waals surface area contributed by atoms with Crippen LogP contribution in [0.3, 0.4) is 0 Å². The Kier molecular flexibility index (Phi) is 5.09. The lowest BCUT2D eigenvalue weighted by atomic mass is 9.89. The van der Waals surface area contributed by atoms with Gasteiger partial charge in [0.15, 0.2) is 0 Å². The van der Waals surface area contributed by atoms with Gasteiger partial charge < -0.3 is 10.2 Å². The van der Waals surface area contributed by atoms with Crippen molar-refractivity contribution in [3.05, 3.63) is 108 Å². The highest BCUT2D eigenvalue weighted by molar-refractivity contribution is 5.68. The van der Waals surface area contributed by atoms with Gasteiger partial charge in [0.25, 0.3) is 0 Å². The summed E-state index contributed by atoms with van der Waals surface area (Å²) in [6.07, 6.45) is 0. The molecule has 1 atom stereocenters. The molecule has 144 valence electrons. The van der Waals surface area contributed by atoms with E-state index in [1.54, 1.807) is 12.1 Å². The molecule has 0 amide bonds. The van der Waals surface area contributed by atoms with Crippen molar-refractivity contribution in [2.24, 2.45) is 0 Å². The van der Waals surface area contributed by atoms with Crippen LogP contribution >= 0.6 is 0 Å². The van der Waals surface area contributed by atoms with Crippen molar-refractivity contribution in [3.63, 3.8) is 0 Å². The molecule has 2 N–H and O–H groups in total. The Bertz CT molecular complexity index is 1130. The third kappa shape index (κ3) is 3.88. The van der Waals surface area contributed by atoms with Crippen LogP contribution in [0.15, 0.2) is 91.0 Å². The molecule has 0 radical (unpaired) electrons. The van der Waals surface area contributed by atoms with Gasteiger partial charge in [-0.25, -0.2) is 0 Å². The summed E-state index contributed by atoms with van der Waals surface area (Å²) in [4.78, 5) is 0. The fraction of sp³-hybridized carbons (Fsp3) is 0.111. The van der Waals surface area contributed by atoms with Crippen LogP contribution in [0.5, 0.6) is 11.5 Å². The summed E-state index contributed by atoms with van der Waals surface area (Å²) in [5.74, 6) is 0.640. The summed E-state index contributed by atoms with van der Waals surface area (Å²) >= 11 is 0. The van der Waals surface area contributed by atoms with Gasteiger partial charge in [0.2, 0.25) is 0 Å². The summed E-state index contributed by atoms with van der Waals surface area (Å²) in [5.41, 5.74) is 7.29. The van der Waals surface area contributed by atoms with Crippen LogP contribution in [0.25, 0.3) is 22.3 Å². The minimum Gasteiger partial charge on any atom is -0.508 e. The fourth-order valence-corrected chi connectivity index (χ4v) is 3.69. The Morgan fingerprint density at radius 2 is 1.14 bits per heavy atom. The molecule has 4 aromatic rings. The van der Waals surface area contributed by atoms with Crippen molar-refractivity contribution >= 4 is 0 Å². The first-order valence-electron chi connectivity index (χ1n) is 9.81. The van der Waals surface area contributed by atoms with Crippen molar-refractivity contribution in [1.29, 1.82) is 0 Å². The predicted octanol–water partition coefficient (Wildman–Crippen LogP) is 6.89. The van der Waals surface area contributed by atoms with E-state index in [0.717, 1.165) is 27.8 Å². The number of aryl methyl sites for hydroxylation is 1. The smallest absolute Gasteiger partial charge is 0.119 e. The molecule has 2 nitrogen and oxygen atoms in total. The lowest BCUT2D eigenvalue weighted by Gasteiger charge is -2.16. The highest BCUT2D eigenvalue weighted by Gasteiger charge is 2.15. The van der Waals surface area contributed by atoms with Crippen LogP contribution in [0.1, 0.15) is 29.5 Å². The first-order chi connectivity index (χ1) is 14.0. The molecule has 0 fully saturated rings. The number of benzene rings is 4. The predicted molar refractivity (Wildman–Crippen MR) is 119 cm³/mol. The molecular formula is C27H24O2. The van der Waals surface area contributed by atoms with Gasteiger partial charge >= 0.3 is 0 Å². The van der Waals surface area contributed by atoms with E-state index in [-0.39, 0.29) is 5.92 Å². The maximum absolute atomic E-state index is 10.5. The molecule has 4 rings (SSSR count). The molecule has 0 aliphatic rings. The SMILES string of the molecule is Cc1cc(-c2ccc(O)c(C(C)c3ccc(-c4ccccc4)cc3)c2)ccc1O. The summed E-state index contributed by atoms with van der Waals surface area (Å²) in [7, 11) is 0. The minimum absolute atomic E-state index is 0.0537. The Balaban J connectivity index is 1.66. The van der Waals surface area contributed by atoms with E-state index in [1.807, 2.05) is 49.4 Å². The van der Waals surface area contributed by atoms with E-state index in [1.165, 1.54) is 11.1 Å². The molecule has 0 heterocycles. The first-order valence-corrected chi connectivity index (χ1v) is 9.81. The molecule has 0 aliphatic carbocycles. The lowest BCUT2D eigenvalue weighted by molar-refractivity contribution is 0.466. The van der Waals surface area contributed by atoms with Crippen LogP contribution in [-0.2, 0) is 0 Å². The Hall–Kier alpha value is -3.52. The zero-order chi connectivity index (χ0) is 20.4. The third-order valence-electron chi connectivity index (χ3n) is 5.54. The molecule has 0 bridgehead atoms. The van der Waals surface area contributed by atoms with Gasteiger partial charge in [-0.2, -0.15) is 0 Å². The quantitative estimate of drug-likeness (QED) is 0.404. The molecule has 0 spiro atoms. The average molecular weight is 380 g/mol. The second-order valence-electron chi connectivity index (χ2n) is 7.48. The van der Waals surface area contributed by atoms with Crippen molar-refractivity contribution in [1.82, 2.24) is 0 Å². The largest absolute Gasteiger partial charge is 0.508 e. The molecule has 0 aliphatic heterocycles. The van der Waals surface area contributed by atoms with Crippen molar-refractivity contribution < 1.29 is 10.2 Å². The van der Waals surface area contributed by atoms with E-state index < -0.39 is 0 Å². The van der Waals surface area contributed by atoms with E-state index in [2.05, 4.69) is 43.3 Å². The molecule has 29 heavy (non-hydrogen) atoms. The van der Waals surface area contributed by atoms with Crippen molar-refractivity contribution in [2.45, 2.75) is 19.8 Å². The third-order valence-corrected chi connectivity index (χ3v) is 5.54. The van der Waals surface area contributed by atoms with Crippen molar-refractivity contribution in [3.8, 4) is 33.8 Å². The maximum atomic E-state index is 10.5. The van der Waals surface area contributed by atoms with Crippen LogP contribution in [-0.4, -0.2) is 10.2 Å². The summed E-state index contributed by atoms with van der Waals surface area (Å²) in [6.45, 7) is 4.00. The Morgan fingerprint density at radius 1 is 0.586 bits per heavy atom. The summed E-state index contributed by atoms with van der Waals surface area (Å²) < 4.78 is 0. The van der Waals surface area contributed by atoms with Gasteiger partial charge in [0.05, 0.1) is 0 Å². The molecule has 4 aromatic carbocycles. The normalized spacial score (nSPS) is 11.9. The minimum atomic E-state index is 0.0537. The molecule has 2 heteroatoms. The van der Waals surface area contributed by atoms with Crippen LogP contribution in [0.2, 0.25) is 0 Å². The second-order valence-corrected chi connectivity index (χ2v) is 7.48. The van der Waals surface area contributed by atoms with E-state index in [4.69, 9.17) is 0 Å². The lowest BCUT2D eigenvalue weighted by Crippen LogP contribution is -1.97. The summed E-state index contributed by atoms with van der Waals surface area (Å²) in [5, 5.41) is 20.3.